The summed E-state index contributed by atoms with van der Waals surface area (Å²) in [5, 5.41) is 3.65. The summed E-state index contributed by atoms with van der Waals surface area (Å²) in [4.78, 5) is 0. The van der Waals surface area contributed by atoms with Crippen LogP contribution in [-0.4, -0.2) is 12.6 Å². The Labute approximate surface area is 118 Å². The van der Waals surface area contributed by atoms with Crippen molar-refractivity contribution in [2.24, 2.45) is 5.41 Å². The molecule has 0 aliphatic rings. The van der Waals surface area contributed by atoms with Gasteiger partial charge in [-0.2, -0.15) is 0 Å². The molecule has 1 atom stereocenters. The van der Waals surface area contributed by atoms with Crippen LogP contribution in [0, 0.1) is 5.41 Å². The quantitative estimate of drug-likeness (QED) is 0.812. The topological polar surface area (TPSA) is 21.3 Å². The lowest BCUT2D eigenvalue weighted by Crippen LogP contribution is -2.32. The first-order valence-corrected chi connectivity index (χ1v) is 7.34. The first-order valence-electron chi connectivity index (χ1n) is 7.34. The summed E-state index contributed by atoms with van der Waals surface area (Å²) in [7, 11) is 0. The van der Waals surface area contributed by atoms with Crippen molar-refractivity contribution in [1.29, 1.82) is 0 Å². The van der Waals surface area contributed by atoms with Gasteiger partial charge in [-0.3, -0.25) is 0 Å². The molecule has 1 rings (SSSR count). The zero-order valence-electron chi connectivity index (χ0n) is 13.3. The van der Waals surface area contributed by atoms with Crippen molar-refractivity contribution >= 4 is 0 Å². The maximum absolute atomic E-state index is 5.70. The molecule has 108 valence electrons. The molecule has 2 nitrogen and oxygen atoms in total. The summed E-state index contributed by atoms with van der Waals surface area (Å²) in [6, 6.07) is 8.87. The third-order valence-corrected chi connectivity index (χ3v) is 3.05. The van der Waals surface area contributed by atoms with Crippen molar-refractivity contribution in [2.45, 2.75) is 60.1 Å². The molecular weight excluding hydrogens is 234 g/mol. The van der Waals surface area contributed by atoms with Gasteiger partial charge in [0.2, 0.25) is 0 Å². The third-order valence-electron chi connectivity index (χ3n) is 3.05. The SMILES string of the molecule is CCCNC(c1ccc(OC(C)C)cc1)C(C)(C)C. The smallest absolute Gasteiger partial charge is 0.119 e. The van der Waals surface area contributed by atoms with Crippen LogP contribution in [0.2, 0.25) is 0 Å². The predicted octanol–water partition coefficient (Wildman–Crippen LogP) is 4.56. The molecule has 1 N–H and O–H groups in total. The van der Waals surface area contributed by atoms with E-state index < -0.39 is 0 Å². The van der Waals surface area contributed by atoms with Gasteiger partial charge in [-0.05, 0) is 49.9 Å². The van der Waals surface area contributed by atoms with E-state index in [1.165, 1.54) is 5.56 Å². The van der Waals surface area contributed by atoms with Crippen LogP contribution in [0.15, 0.2) is 24.3 Å². The Morgan fingerprint density at radius 2 is 1.68 bits per heavy atom. The fourth-order valence-corrected chi connectivity index (χ4v) is 2.22. The Bertz CT molecular complexity index is 362. The fourth-order valence-electron chi connectivity index (χ4n) is 2.22. The minimum atomic E-state index is 0.204. The van der Waals surface area contributed by atoms with E-state index in [1.807, 2.05) is 0 Å². The normalized spacial score (nSPS) is 13.6. The first kappa shape index (κ1) is 16.0. The molecule has 0 aromatic heterocycles. The van der Waals surface area contributed by atoms with E-state index in [4.69, 9.17) is 4.74 Å². The highest BCUT2D eigenvalue weighted by atomic mass is 16.5. The lowest BCUT2D eigenvalue weighted by Gasteiger charge is -2.32. The lowest BCUT2D eigenvalue weighted by molar-refractivity contribution is 0.241. The molecule has 0 saturated heterocycles. The zero-order valence-corrected chi connectivity index (χ0v) is 13.3. The van der Waals surface area contributed by atoms with Crippen LogP contribution in [-0.2, 0) is 0 Å². The van der Waals surface area contributed by atoms with Gasteiger partial charge in [0.15, 0.2) is 0 Å². The summed E-state index contributed by atoms with van der Waals surface area (Å²) in [5.74, 6) is 0.946. The summed E-state index contributed by atoms with van der Waals surface area (Å²) in [6.07, 6.45) is 1.38. The number of ether oxygens (including phenoxy) is 1. The van der Waals surface area contributed by atoms with Gasteiger partial charge < -0.3 is 10.1 Å². The maximum Gasteiger partial charge on any atom is 0.119 e. The number of benzene rings is 1. The molecule has 0 spiro atoms. The Morgan fingerprint density at radius 3 is 2.11 bits per heavy atom. The summed E-state index contributed by atoms with van der Waals surface area (Å²) in [6.45, 7) is 14.2. The molecule has 0 saturated carbocycles. The highest BCUT2D eigenvalue weighted by molar-refractivity contribution is 5.30. The average molecular weight is 263 g/mol. The summed E-state index contributed by atoms with van der Waals surface area (Å²) >= 11 is 0. The molecule has 1 aromatic rings. The molecule has 0 bridgehead atoms. The van der Waals surface area contributed by atoms with Gasteiger partial charge in [0.25, 0.3) is 0 Å². The van der Waals surface area contributed by atoms with Gasteiger partial charge in [0, 0.05) is 6.04 Å². The van der Waals surface area contributed by atoms with E-state index in [2.05, 4.69) is 71.1 Å². The van der Waals surface area contributed by atoms with E-state index in [-0.39, 0.29) is 11.5 Å². The Kier molecular flexibility index (Phi) is 5.86. The minimum absolute atomic E-state index is 0.204. The first-order chi connectivity index (χ1) is 8.84. The Morgan fingerprint density at radius 1 is 1.11 bits per heavy atom. The predicted molar refractivity (Wildman–Crippen MR) is 82.7 cm³/mol. The number of hydrogen-bond donors (Lipinski definition) is 1. The highest BCUT2D eigenvalue weighted by Gasteiger charge is 2.25. The van der Waals surface area contributed by atoms with Crippen LogP contribution in [0.4, 0.5) is 0 Å². The van der Waals surface area contributed by atoms with Crippen LogP contribution in [0.3, 0.4) is 0 Å². The van der Waals surface area contributed by atoms with Gasteiger partial charge in [-0.1, -0.05) is 39.8 Å². The number of hydrogen-bond acceptors (Lipinski definition) is 2. The molecule has 19 heavy (non-hydrogen) atoms. The van der Waals surface area contributed by atoms with Crippen molar-refractivity contribution in [1.82, 2.24) is 5.32 Å². The van der Waals surface area contributed by atoms with Crippen molar-refractivity contribution in [2.75, 3.05) is 6.54 Å². The number of rotatable bonds is 6. The van der Waals surface area contributed by atoms with E-state index >= 15 is 0 Å². The van der Waals surface area contributed by atoms with E-state index in [1.54, 1.807) is 0 Å². The standard InChI is InChI=1S/C17H29NO/c1-7-12-18-16(17(4,5)6)14-8-10-15(11-9-14)19-13(2)3/h8-11,13,16,18H,7,12H2,1-6H3. The van der Waals surface area contributed by atoms with Crippen LogP contribution in [0.25, 0.3) is 0 Å². The van der Waals surface area contributed by atoms with Crippen molar-refractivity contribution < 1.29 is 4.74 Å². The van der Waals surface area contributed by atoms with Crippen molar-refractivity contribution in [3.8, 4) is 5.75 Å². The van der Waals surface area contributed by atoms with E-state index in [0.717, 1.165) is 18.7 Å². The van der Waals surface area contributed by atoms with Crippen molar-refractivity contribution in [3.05, 3.63) is 29.8 Å². The van der Waals surface area contributed by atoms with Crippen molar-refractivity contribution in [3.63, 3.8) is 0 Å². The van der Waals surface area contributed by atoms with Gasteiger partial charge in [-0.25, -0.2) is 0 Å². The highest BCUT2D eigenvalue weighted by Crippen LogP contribution is 2.33. The average Bonchev–Trinajstić information content (AvgIpc) is 2.29. The summed E-state index contributed by atoms with van der Waals surface area (Å²) in [5.41, 5.74) is 1.53. The van der Waals surface area contributed by atoms with Crippen LogP contribution in [0.5, 0.6) is 5.75 Å². The van der Waals surface area contributed by atoms with Crippen LogP contribution >= 0.6 is 0 Å². The maximum atomic E-state index is 5.70. The molecule has 1 unspecified atom stereocenters. The molecule has 2 heteroatoms. The summed E-state index contributed by atoms with van der Waals surface area (Å²) < 4.78 is 5.70. The molecule has 0 radical (unpaired) electrons. The Hall–Kier alpha value is -1.02. The monoisotopic (exact) mass is 263 g/mol. The zero-order chi connectivity index (χ0) is 14.5. The second-order valence-corrected chi connectivity index (χ2v) is 6.49. The van der Waals surface area contributed by atoms with Gasteiger partial charge in [0.1, 0.15) is 5.75 Å². The molecule has 1 aromatic carbocycles. The fraction of sp³-hybridized carbons (Fsp3) is 0.647. The van der Waals surface area contributed by atoms with E-state index in [9.17, 15) is 0 Å². The molecule has 0 heterocycles. The molecule has 0 fully saturated rings. The minimum Gasteiger partial charge on any atom is -0.491 e. The third kappa shape index (κ3) is 5.23. The van der Waals surface area contributed by atoms with Gasteiger partial charge in [-0.15, -0.1) is 0 Å². The molecule has 0 aliphatic heterocycles. The number of nitrogens with one attached hydrogen (secondary N) is 1. The molecule has 0 aliphatic carbocycles. The van der Waals surface area contributed by atoms with Crippen LogP contribution in [0.1, 0.15) is 59.6 Å². The van der Waals surface area contributed by atoms with E-state index in [0.29, 0.717) is 6.04 Å². The second-order valence-electron chi connectivity index (χ2n) is 6.49. The van der Waals surface area contributed by atoms with Gasteiger partial charge in [0.05, 0.1) is 6.10 Å². The van der Waals surface area contributed by atoms with Gasteiger partial charge >= 0.3 is 0 Å². The largest absolute Gasteiger partial charge is 0.491 e. The molecular formula is C17H29NO. The lowest BCUT2D eigenvalue weighted by atomic mass is 9.82. The Balaban J connectivity index is 2.85. The second kappa shape index (κ2) is 6.95. The molecule has 0 amide bonds. The van der Waals surface area contributed by atoms with Crippen LogP contribution < -0.4 is 10.1 Å².